The van der Waals surface area contributed by atoms with Crippen molar-refractivity contribution >= 4 is 34.6 Å². The maximum absolute atomic E-state index is 12.6. The van der Waals surface area contributed by atoms with E-state index < -0.39 is 0 Å². The van der Waals surface area contributed by atoms with Crippen molar-refractivity contribution in [2.24, 2.45) is 0 Å². The Morgan fingerprint density at radius 1 is 0.957 bits per heavy atom. The van der Waals surface area contributed by atoms with Crippen LogP contribution in [0.5, 0.6) is 0 Å². The van der Waals surface area contributed by atoms with Crippen LogP contribution in [0.3, 0.4) is 0 Å². The number of anilines is 4. The molecular formula is C17H20N4O2. The van der Waals surface area contributed by atoms with Gasteiger partial charge in [0.25, 0.3) is 0 Å². The summed E-state index contributed by atoms with van der Waals surface area (Å²) in [5.41, 5.74) is 8.59. The molecule has 0 aromatic heterocycles. The standard InChI is InChI=1S/C17H20N4O2/c1-19-13-5-9-15(10-6-13)21(17(23)11-16(22)20-2)14-7-3-12(18)4-8-14/h3-10,19H,11,18H2,1-2H3,(H,20,22). The summed E-state index contributed by atoms with van der Waals surface area (Å²) >= 11 is 0. The van der Waals surface area contributed by atoms with E-state index in [0.717, 1.165) is 5.69 Å². The van der Waals surface area contributed by atoms with E-state index in [-0.39, 0.29) is 18.2 Å². The number of hydrogen-bond donors (Lipinski definition) is 3. The van der Waals surface area contributed by atoms with E-state index >= 15 is 0 Å². The molecule has 0 atom stereocenters. The molecule has 0 aliphatic carbocycles. The van der Waals surface area contributed by atoms with Gasteiger partial charge >= 0.3 is 0 Å². The molecule has 4 N–H and O–H groups in total. The van der Waals surface area contributed by atoms with E-state index in [1.165, 1.54) is 11.9 Å². The number of nitrogen functional groups attached to an aromatic ring is 1. The van der Waals surface area contributed by atoms with Gasteiger partial charge in [0.15, 0.2) is 0 Å². The molecular weight excluding hydrogens is 292 g/mol. The summed E-state index contributed by atoms with van der Waals surface area (Å²) in [6, 6.07) is 14.3. The van der Waals surface area contributed by atoms with Crippen molar-refractivity contribution in [1.82, 2.24) is 5.32 Å². The molecule has 6 heteroatoms. The SMILES string of the molecule is CNC(=O)CC(=O)N(c1ccc(N)cc1)c1ccc(NC)cc1. The first-order chi connectivity index (χ1) is 11.0. The largest absolute Gasteiger partial charge is 0.399 e. The normalized spacial score (nSPS) is 10.0. The smallest absolute Gasteiger partial charge is 0.240 e. The number of nitrogens with zero attached hydrogens (tertiary/aromatic N) is 1. The second kappa shape index (κ2) is 7.31. The zero-order valence-electron chi connectivity index (χ0n) is 13.2. The third-order valence-electron chi connectivity index (χ3n) is 3.41. The molecule has 0 bridgehead atoms. The third kappa shape index (κ3) is 4.00. The van der Waals surface area contributed by atoms with E-state index in [9.17, 15) is 9.59 Å². The highest BCUT2D eigenvalue weighted by Crippen LogP contribution is 2.28. The van der Waals surface area contributed by atoms with Crippen LogP contribution in [0, 0.1) is 0 Å². The Morgan fingerprint density at radius 3 is 1.96 bits per heavy atom. The van der Waals surface area contributed by atoms with Gasteiger partial charge in [0.05, 0.1) is 0 Å². The Hall–Kier alpha value is -3.02. The van der Waals surface area contributed by atoms with Gasteiger partial charge in [0.1, 0.15) is 6.42 Å². The van der Waals surface area contributed by atoms with Crippen molar-refractivity contribution in [1.29, 1.82) is 0 Å². The minimum absolute atomic E-state index is 0.228. The Morgan fingerprint density at radius 2 is 1.48 bits per heavy atom. The average molecular weight is 312 g/mol. The lowest BCUT2D eigenvalue weighted by Crippen LogP contribution is -2.31. The topological polar surface area (TPSA) is 87.5 Å². The van der Waals surface area contributed by atoms with Crippen LogP contribution < -0.4 is 21.3 Å². The van der Waals surface area contributed by atoms with Crippen LogP contribution in [0.4, 0.5) is 22.7 Å². The summed E-state index contributed by atoms with van der Waals surface area (Å²) in [5.74, 6) is -0.645. The highest BCUT2D eigenvalue weighted by Gasteiger charge is 2.20. The van der Waals surface area contributed by atoms with Crippen LogP contribution in [0.1, 0.15) is 6.42 Å². The molecule has 23 heavy (non-hydrogen) atoms. The molecule has 2 rings (SSSR count). The highest BCUT2D eigenvalue weighted by molar-refractivity contribution is 6.09. The number of carbonyl (C=O) groups is 2. The predicted molar refractivity (Wildman–Crippen MR) is 92.7 cm³/mol. The van der Waals surface area contributed by atoms with Crippen LogP contribution in [0.15, 0.2) is 48.5 Å². The van der Waals surface area contributed by atoms with Gasteiger partial charge in [0.2, 0.25) is 11.8 Å². The van der Waals surface area contributed by atoms with E-state index in [1.54, 1.807) is 24.3 Å². The Bertz CT molecular complexity index is 681. The fourth-order valence-electron chi connectivity index (χ4n) is 2.14. The third-order valence-corrected chi connectivity index (χ3v) is 3.41. The first-order valence-corrected chi connectivity index (χ1v) is 7.22. The summed E-state index contributed by atoms with van der Waals surface area (Å²) in [5, 5.41) is 5.49. The van der Waals surface area contributed by atoms with Gasteiger partial charge in [-0.25, -0.2) is 0 Å². The van der Waals surface area contributed by atoms with Crippen molar-refractivity contribution in [3.8, 4) is 0 Å². The molecule has 0 radical (unpaired) electrons. The molecule has 0 unspecified atom stereocenters. The monoisotopic (exact) mass is 312 g/mol. The zero-order chi connectivity index (χ0) is 16.8. The van der Waals surface area contributed by atoms with Crippen LogP contribution in [-0.2, 0) is 9.59 Å². The minimum Gasteiger partial charge on any atom is -0.399 e. The summed E-state index contributed by atoms with van der Waals surface area (Å²) in [4.78, 5) is 25.6. The Labute approximate surface area is 135 Å². The second-order valence-electron chi connectivity index (χ2n) is 4.97. The number of nitrogens with two attached hydrogens (primary N) is 1. The molecule has 0 aliphatic rings. The van der Waals surface area contributed by atoms with Crippen LogP contribution >= 0.6 is 0 Å². The van der Waals surface area contributed by atoms with Crippen molar-refractivity contribution in [3.05, 3.63) is 48.5 Å². The van der Waals surface area contributed by atoms with E-state index in [1.807, 2.05) is 31.3 Å². The minimum atomic E-state index is -0.331. The lowest BCUT2D eigenvalue weighted by molar-refractivity contribution is -0.127. The summed E-state index contributed by atoms with van der Waals surface area (Å²) in [6.07, 6.45) is -0.228. The molecule has 2 aromatic carbocycles. The van der Waals surface area contributed by atoms with Gasteiger partial charge in [0, 0.05) is 36.8 Å². The summed E-state index contributed by atoms with van der Waals surface area (Å²) in [6.45, 7) is 0. The van der Waals surface area contributed by atoms with E-state index in [0.29, 0.717) is 17.1 Å². The van der Waals surface area contributed by atoms with Crippen molar-refractivity contribution in [2.75, 3.05) is 30.0 Å². The van der Waals surface area contributed by atoms with Gasteiger partial charge in [-0.1, -0.05) is 0 Å². The number of carbonyl (C=O) groups excluding carboxylic acids is 2. The molecule has 0 fully saturated rings. The number of nitrogens with one attached hydrogen (secondary N) is 2. The van der Waals surface area contributed by atoms with Crippen LogP contribution in [-0.4, -0.2) is 25.9 Å². The molecule has 0 saturated carbocycles. The molecule has 0 spiro atoms. The van der Waals surface area contributed by atoms with Gasteiger partial charge in [-0.05, 0) is 48.5 Å². The lowest BCUT2D eigenvalue weighted by Gasteiger charge is -2.23. The maximum atomic E-state index is 12.6. The van der Waals surface area contributed by atoms with E-state index in [4.69, 9.17) is 5.73 Å². The average Bonchev–Trinajstić information content (AvgIpc) is 2.57. The van der Waals surface area contributed by atoms with Crippen molar-refractivity contribution < 1.29 is 9.59 Å². The molecule has 0 saturated heterocycles. The fourth-order valence-corrected chi connectivity index (χ4v) is 2.14. The number of rotatable bonds is 5. The molecule has 2 amide bonds. The second-order valence-corrected chi connectivity index (χ2v) is 4.97. The van der Waals surface area contributed by atoms with Crippen LogP contribution in [0.2, 0.25) is 0 Å². The molecule has 6 nitrogen and oxygen atoms in total. The fraction of sp³-hybridized carbons (Fsp3) is 0.176. The molecule has 120 valence electrons. The Balaban J connectivity index is 2.39. The van der Waals surface area contributed by atoms with Gasteiger partial charge < -0.3 is 16.4 Å². The zero-order valence-corrected chi connectivity index (χ0v) is 13.2. The maximum Gasteiger partial charge on any atom is 0.240 e. The number of benzene rings is 2. The summed E-state index contributed by atoms with van der Waals surface area (Å²) in [7, 11) is 3.33. The van der Waals surface area contributed by atoms with Crippen molar-refractivity contribution in [2.45, 2.75) is 6.42 Å². The highest BCUT2D eigenvalue weighted by atomic mass is 16.2. The van der Waals surface area contributed by atoms with Gasteiger partial charge in [-0.3, -0.25) is 14.5 Å². The van der Waals surface area contributed by atoms with Crippen molar-refractivity contribution in [3.63, 3.8) is 0 Å². The quantitative estimate of drug-likeness (QED) is 0.583. The lowest BCUT2D eigenvalue weighted by atomic mass is 10.2. The first-order valence-electron chi connectivity index (χ1n) is 7.22. The first kappa shape index (κ1) is 16.4. The van der Waals surface area contributed by atoms with E-state index in [2.05, 4.69) is 10.6 Å². The summed E-state index contributed by atoms with van der Waals surface area (Å²) < 4.78 is 0. The Kier molecular flexibility index (Phi) is 5.19. The molecule has 0 aliphatic heterocycles. The number of hydrogen-bond acceptors (Lipinski definition) is 4. The van der Waals surface area contributed by atoms with Gasteiger partial charge in [-0.15, -0.1) is 0 Å². The van der Waals surface area contributed by atoms with Gasteiger partial charge in [-0.2, -0.15) is 0 Å². The predicted octanol–water partition coefficient (Wildman–Crippen LogP) is 2.11. The van der Waals surface area contributed by atoms with Crippen LogP contribution in [0.25, 0.3) is 0 Å². The molecule has 2 aromatic rings. The molecule has 0 heterocycles. The number of amides is 2.